The SMILES string of the molecule is C[C@@H]1CCCCN1c1nc2c(c(=O)[nH]1)CCN(Cc1ccc(Cl)c(Cl)c1)C2. The first kappa shape index (κ1) is 18.8. The summed E-state index contributed by atoms with van der Waals surface area (Å²) in [4.78, 5) is 25.0. The molecule has 1 atom stereocenters. The minimum atomic E-state index is 0.0157. The number of H-pyrrole nitrogens is 1. The predicted octanol–water partition coefficient (Wildman–Crippen LogP) is 4.01. The molecular weight excluding hydrogens is 383 g/mol. The van der Waals surface area contributed by atoms with Gasteiger partial charge >= 0.3 is 0 Å². The molecule has 0 bridgehead atoms. The molecule has 0 amide bonds. The molecule has 0 unspecified atom stereocenters. The third-order valence-electron chi connectivity index (χ3n) is 5.61. The van der Waals surface area contributed by atoms with Crippen LogP contribution >= 0.6 is 23.2 Å². The van der Waals surface area contributed by atoms with E-state index < -0.39 is 0 Å². The average Bonchev–Trinajstić information content (AvgIpc) is 2.65. The molecule has 0 saturated carbocycles. The number of aromatic amines is 1. The van der Waals surface area contributed by atoms with Crippen molar-refractivity contribution in [1.29, 1.82) is 0 Å². The van der Waals surface area contributed by atoms with Gasteiger partial charge in [-0.25, -0.2) is 4.98 Å². The molecular formula is C20H24Cl2N4O. The minimum absolute atomic E-state index is 0.0157. The fourth-order valence-corrected chi connectivity index (χ4v) is 4.38. The van der Waals surface area contributed by atoms with Gasteiger partial charge in [-0.15, -0.1) is 0 Å². The van der Waals surface area contributed by atoms with Crippen molar-refractivity contribution in [2.24, 2.45) is 0 Å². The van der Waals surface area contributed by atoms with Gasteiger partial charge in [0.05, 0.1) is 15.7 Å². The van der Waals surface area contributed by atoms with E-state index in [2.05, 4.69) is 21.7 Å². The summed E-state index contributed by atoms with van der Waals surface area (Å²) in [6.45, 7) is 5.43. The maximum Gasteiger partial charge on any atom is 0.255 e. The van der Waals surface area contributed by atoms with Crippen LogP contribution in [-0.4, -0.2) is 34.0 Å². The quantitative estimate of drug-likeness (QED) is 0.836. The molecule has 0 spiro atoms. The largest absolute Gasteiger partial charge is 0.340 e. The third-order valence-corrected chi connectivity index (χ3v) is 6.34. The number of halogens is 2. The number of anilines is 1. The summed E-state index contributed by atoms with van der Waals surface area (Å²) in [6.07, 6.45) is 4.25. The number of rotatable bonds is 3. The molecule has 3 heterocycles. The van der Waals surface area contributed by atoms with Crippen LogP contribution in [0.15, 0.2) is 23.0 Å². The maximum absolute atomic E-state index is 12.6. The molecule has 0 aliphatic carbocycles. The van der Waals surface area contributed by atoms with Crippen molar-refractivity contribution in [3.8, 4) is 0 Å². The van der Waals surface area contributed by atoms with Gasteiger partial charge in [0.25, 0.3) is 5.56 Å². The van der Waals surface area contributed by atoms with Gasteiger partial charge < -0.3 is 4.90 Å². The number of hydrogen-bond donors (Lipinski definition) is 1. The van der Waals surface area contributed by atoms with E-state index >= 15 is 0 Å². The summed E-state index contributed by atoms with van der Waals surface area (Å²) in [5.74, 6) is 0.724. The van der Waals surface area contributed by atoms with Gasteiger partial charge in [0.1, 0.15) is 0 Å². The second-order valence-corrected chi connectivity index (χ2v) is 8.38. The van der Waals surface area contributed by atoms with Gasteiger partial charge in [0.15, 0.2) is 0 Å². The molecule has 144 valence electrons. The fourth-order valence-electron chi connectivity index (χ4n) is 4.06. The van der Waals surface area contributed by atoms with Crippen LogP contribution in [0.1, 0.15) is 43.0 Å². The molecule has 1 N–H and O–H groups in total. The Morgan fingerprint density at radius 2 is 2.07 bits per heavy atom. The Morgan fingerprint density at radius 1 is 1.22 bits per heavy atom. The summed E-state index contributed by atoms with van der Waals surface area (Å²) in [6, 6.07) is 6.15. The second-order valence-electron chi connectivity index (χ2n) is 7.56. The highest BCUT2D eigenvalue weighted by molar-refractivity contribution is 6.42. The molecule has 2 aliphatic rings. The lowest BCUT2D eigenvalue weighted by molar-refractivity contribution is 0.240. The summed E-state index contributed by atoms with van der Waals surface area (Å²) >= 11 is 12.2. The summed E-state index contributed by atoms with van der Waals surface area (Å²) in [7, 11) is 0. The summed E-state index contributed by atoms with van der Waals surface area (Å²) < 4.78 is 0. The van der Waals surface area contributed by atoms with Crippen molar-refractivity contribution in [3.05, 3.63) is 55.4 Å². The molecule has 7 heteroatoms. The van der Waals surface area contributed by atoms with E-state index in [9.17, 15) is 4.79 Å². The highest BCUT2D eigenvalue weighted by atomic mass is 35.5. The Kier molecular flexibility index (Phi) is 5.44. The Morgan fingerprint density at radius 3 is 2.85 bits per heavy atom. The fraction of sp³-hybridized carbons (Fsp3) is 0.500. The molecule has 1 saturated heterocycles. The average molecular weight is 407 g/mol. The van der Waals surface area contributed by atoms with Crippen molar-refractivity contribution < 1.29 is 0 Å². The highest BCUT2D eigenvalue weighted by Crippen LogP contribution is 2.26. The van der Waals surface area contributed by atoms with Crippen molar-refractivity contribution >= 4 is 29.2 Å². The molecule has 27 heavy (non-hydrogen) atoms. The van der Waals surface area contributed by atoms with Crippen LogP contribution in [0.25, 0.3) is 0 Å². The van der Waals surface area contributed by atoms with Crippen molar-refractivity contribution in [2.45, 2.75) is 51.7 Å². The lowest BCUT2D eigenvalue weighted by Gasteiger charge is -2.35. The molecule has 2 aliphatic heterocycles. The van der Waals surface area contributed by atoms with Gasteiger partial charge in [-0.1, -0.05) is 29.3 Å². The van der Waals surface area contributed by atoms with E-state index in [1.165, 1.54) is 6.42 Å². The van der Waals surface area contributed by atoms with Crippen LogP contribution in [0.2, 0.25) is 10.0 Å². The molecule has 4 rings (SSSR count). The van der Waals surface area contributed by atoms with Gasteiger partial charge in [0, 0.05) is 37.8 Å². The number of hydrogen-bond acceptors (Lipinski definition) is 4. The Hall–Kier alpha value is -1.56. The third kappa shape index (κ3) is 4.00. The first-order valence-corrected chi connectivity index (χ1v) is 10.3. The van der Waals surface area contributed by atoms with E-state index in [1.807, 2.05) is 18.2 Å². The van der Waals surface area contributed by atoms with Crippen LogP contribution in [0.4, 0.5) is 5.95 Å². The summed E-state index contributed by atoms with van der Waals surface area (Å²) in [5, 5.41) is 1.14. The normalized spacial score (nSPS) is 20.6. The topological polar surface area (TPSA) is 52.2 Å². The number of nitrogens with zero attached hydrogens (tertiary/aromatic N) is 3. The molecule has 1 aromatic heterocycles. The highest BCUT2D eigenvalue weighted by Gasteiger charge is 2.25. The first-order valence-electron chi connectivity index (χ1n) is 9.56. The first-order chi connectivity index (χ1) is 13.0. The zero-order valence-corrected chi connectivity index (χ0v) is 17.0. The van der Waals surface area contributed by atoms with Crippen LogP contribution in [-0.2, 0) is 19.5 Å². The number of benzene rings is 1. The predicted molar refractivity (Wildman–Crippen MR) is 110 cm³/mol. The summed E-state index contributed by atoms with van der Waals surface area (Å²) in [5.41, 5.74) is 2.86. The molecule has 1 fully saturated rings. The Labute approximate surface area is 169 Å². The van der Waals surface area contributed by atoms with Crippen molar-refractivity contribution in [1.82, 2.24) is 14.9 Å². The maximum atomic E-state index is 12.6. The monoisotopic (exact) mass is 406 g/mol. The van der Waals surface area contributed by atoms with Crippen LogP contribution in [0.5, 0.6) is 0 Å². The smallest absolute Gasteiger partial charge is 0.255 e. The number of fused-ring (bicyclic) bond motifs is 1. The van der Waals surface area contributed by atoms with Crippen LogP contribution in [0, 0.1) is 0 Å². The Bertz CT molecular complexity index is 898. The molecule has 2 aromatic rings. The van der Waals surface area contributed by atoms with E-state index in [1.54, 1.807) is 0 Å². The van der Waals surface area contributed by atoms with E-state index in [0.717, 1.165) is 61.7 Å². The molecule has 0 radical (unpaired) electrons. The number of nitrogens with one attached hydrogen (secondary N) is 1. The van der Waals surface area contributed by atoms with E-state index in [4.69, 9.17) is 28.2 Å². The van der Waals surface area contributed by atoms with E-state index in [0.29, 0.717) is 22.6 Å². The number of piperidine rings is 1. The van der Waals surface area contributed by atoms with Gasteiger partial charge in [0.2, 0.25) is 5.95 Å². The zero-order valence-electron chi connectivity index (χ0n) is 15.5. The van der Waals surface area contributed by atoms with Crippen LogP contribution < -0.4 is 10.5 Å². The van der Waals surface area contributed by atoms with Crippen molar-refractivity contribution in [3.63, 3.8) is 0 Å². The Balaban J connectivity index is 1.55. The number of aromatic nitrogens is 2. The molecule has 1 aromatic carbocycles. The van der Waals surface area contributed by atoms with Gasteiger partial charge in [-0.2, -0.15) is 0 Å². The molecule has 5 nitrogen and oxygen atoms in total. The van der Waals surface area contributed by atoms with Gasteiger partial charge in [-0.3, -0.25) is 14.7 Å². The minimum Gasteiger partial charge on any atom is -0.340 e. The second kappa shape index (κ2) is 7.82. The van der Waals surface area contributed by atoms with Crippen LogP contribution in [0.3, 0.4) is 0 Å². The van der Waals surface area contributed by atoms with Crippen molar-refractivity contribution in [2.75, 3.05) is 18.0 Å². The van der Waals surface area contributed by atoms with Gasteiger partial charge in [-0.05, 0) is 50.3 Å². The zero-order chi connectivity index (χ0) is 19.0. The van der Waals surface area contributed by atoms with E-state index in [-0.39, 0.29) is 5.56 Å². The lowest BCUT2D eigenvalue weighted by Crippen LogP contribution is -2.41. The standard InChI is InChI=1S/C20H24Cl2N4O/c1-13-4-2-3-8-26(13)20-23-18-12-25(9-7-15(18)19(27)24-20)11-14-5-6-16(21)17(22)10-14/h5-6,10,13H,2-4,7-9,11-12H2,1H3,(H,23,24,27)/t13-/m1/s1. The lowest BCUT2D eigenvalue weighted by atomic mass is 10.0.